The monoisotopic (exact) mass is 523 g/mol. The van der Waals surface area contributed by atoms with Crippen LogP contribution in [0.3, 0.4) is 0 Å². The Morgan fingerprint density at radius 1 is 1.05 bits per heavy atom. The van der Waals surface area contributed by atoms with Gasteiger partial charge in [-0.2, -0.15) is 13.2 Å². The lowest BCUT2D eigenvalue weighted by molar-refractivity contribution is -0.137. The van der Waals surface area contributed by atoms with Gasteiger partial charge in [-0.05, 0) is 49.1 Å². The van der Waals surface area contributed by atoms with Crippen LogP contribution in [0.2, 0.25) is 0 Å². The second kappa shape index (κ2) is 9.13. The Morgan fingerprint density at radius 2 is 1.82 bits per heavy atom. The van der Waals surface area contributed by atoms with Crippen molar-refractivity contribution in [3.05, 3.63) is 70.8 Å². The summed E-state index contributed by atoms with van der Waals surface area (Å²) in [5.74, 6) is -0.146. The molecule has 0 bridgehead atoms. The van der Waals surface area contributed by atoms with E-state index in [-0.39, 0.29) is 29.6 Å². The van der Waals surface area contributed by atoms with E-state index in [2.05, 4.69) is 16.4 Å². The van der Waals surface area contributed by atoms with Gasteiger partial charge in [-0.25, -0.2) is 0 Å². The van der Waals surface area contributed by atoms with Gasteiger partial charge in [0.15, 0.2) is 17.2 Å². The van der Waals surface area contributed by atoms with Gasteiger partial charge in [0.1, 0.15) is 17.9 Å². The second-order valence-electron chi connectivity index (χ2n) is 10.1. The molecule has 1 fully saturated rings. The van der Waals surface area contributed by atoms with E-state index in [1.165, 1.54) is 12.1 Å². The molecule has 0 spiro atoms. The number of nitrogens with zero attached hydrogens (tertiary/aromatic N) is 2. The molecule has 38 heavy (non-hydrogen) atoms. The van der Waals surface area contributed by atoms with Gasteiger partial charge in [-0.3, -0.25) is 4.79 Å². The molecular weight excluding hydrogens is 499 g/mol. The van der Waals surface area contributed by atoms with Crippen molar-refractivity contribution < 1.29 is 31.7 Å². The zero-order valence-corrected chi connectivity index (χ0v) is 20.3. The molecule has 2 N–H and O–H groups in total. The van der Waals surface area contributed by atoms with Crippen molar-refractivity contribution in [2.75, 3.05) is 6.61 Å². The summed E-state index contributed by atoms with van der Waals surface area (Å²) < 4.78 is 58.3. The normalized spacial score (nSPS) is 20.7. The fourth-order valence-electron chi connectivity index (χ4n) is 5.77. The quantitative estimate of drug-likeness (QED) is 0.313. The Labute approximate surface area is 215 Å². The van der Waals surface area contributed by atoms with Crippen molar-refractivity contribution in [2.45, 2.75) is 49.7 Å². The molecule has 1 saturated carbocycles. The fraction of sp³-hybridized carbons (Fsp3) is 0.321. The maximum absolute atomic E-state index is 14.2. The summed E-state index contributed by atoms with van der Waals surface area (Å²) in [7, 11) is 0. The Bertz CT molecular complexity index is 1490. The fourth-order valence-corrected chi connectivity index (χ4v) is 5.77. The van der Waals surface area contributed by atoms with E-state index in [1.54, 1.807) is 18.2 Å². The summed E-state index contributed by atoms with van der Waals surface area (Å²) in [6.07, 6.45) is -1.30. The Balaban J connectivity index is 1.34. The van der Waals surface area contributed by atoms with Crippen LogP contribution in [0.15, 0.2) is 57.6 Å². The minimum atomic E-state index is -4.71. The largest absolute Gasteiger partial charge is 0.466 e. The molecule has 6 rings (SSSR count). The minimum Gasteiger partial charge on any atom is -0.466 e. The van der Waals surface area contributed by atoms with E-state index >= 15 is 0 Å². The van der Waals surface area contributed by atoms with Crippen LogP contribution in [0.25, 0.3) is 34.0 Å². The summed E-state index contributed by atoms with van der Waals surface area (Å²) in [5.41, 5.74) is 8.89. The maximum Gasteiger partial charge on any atom is 0.422 e. The van der Waals surface area contributed by atoms with E-state index in [4.69, 9.17) is 19.5 Å². The van der Waals surface area contributed by atoms with Gasteiger partial charge in [0, 0.05) is 16.7 Å². The summed E-state index contributed by atoms with van der Waals surface area (Å²) >= 11 is 0. The highest BCUT2D eigenvalue weighted by atomic mass is 19.4. The lowest BCUT2D eigenvalue weighted by Gasteiger charge is -2.23. The van der Waals surface area contributed by atoms with Gasteiger partial charge in [0.2, 0.25) is 0 Å². The first-order valence-electron chi connectivity index (χ1n) is 12.4. The number of carbonyl (C=O) groups excluding carboxylic acids is 1. The molecule has 2 aromatic heterocycles. The van der Waals surface area contributed by atoms with Crippen molar-refractivity contribution in [1.29, 1.82) is 0 Å². The molecule has 2 unspecified atom stereocenters. The van der Waals surface area contributed by atoms with Crippen LogP contribution < -0.4 is 5.73 Å². The number of alkyl halides is 3. The Kier molecular flexibility index (Phi) is 5.86. The van der Waals surface area contributed by atoms with E-state index < -0.39 is 23.0 Å². The number of carbonyl (C=O) groups is 1. The summed E-state index contributed by atoms with van der Waals surface area (Å²) in [6.45, 7) is 0.612. The minimum absolute atomic E-state index is 0.0214. The van der Waals surface area contributed by atoms with Crippen molar-refractivity contribution in [3.8, 4) is 34.0 Å². The highest BCUT2D eigenvalue weighted by Crippen LogP contribution is 2.47. The number of rotatable bonds is 6. The Morgan fingerprint density at radius 3 is 2.58 bits per heavy atom. The number of benzene rings is 2. The summed E-state index contributed by atoms with van der Waals surface area (Å²) in [6, 6.07) is 14.1. The summed E-state index contributed by atoms with van der Waals surface area (Å²) in [5, 5.41) is 7.96. The van der Waals surface area contributed by atoms with Gasteiger partial charge in [-0.1, -0.05) is 58.8 Å². The lowest BCUT2D eigenvalue weighted by Crippen LogP contribution is -2.41. The standard InChI is InChI=1S/C28H24F3N3O4/c29-28(30,31)22-24(34-37-25(22)16-4-2-1-3-5-16)26-21-9-7-18-12-17(6-8-20(18)23(21)33-38-26)19-10-11-27(32,13-19)14-36-15-35/h1-6,8,12,15,19H,7,9-11,13-14,32H2. The van der Waals surface area contributed by atoms with Gasteiger partial charge in [0.25, 0.3) is 6.47 Å². The second-order valence-corrected chi connectivity index (χ2v) is 10.1. The number of halogens is 3. The molecule has 2 heterocycles. The molecule has 2 aromatic carbocycles. The average molecular weight is 524 g/mol. The molecule has 4 aromatic rings. The third-order valence-electron chi connectivity index (χ3n) is 7.60. The predicted octanol–water partition coefficient (Wildman–Crippen LogP) is 5.92. The van der Waals surface area contributed by atoms with Gasteiger partial charge in [0.05, 0.1) is 5.54 Å². The van der Waals surface area contributed by atoms with Crippen LogP contribution in [0.4, 0.5) is 13.2 Å². The van der Waals surface area contributed by atoms with Crippen LogP contribution >= 0.6 is 0 Å². The smallest absolute Gasteiger partial charge is 0.422 e. The van der Waals surface area contributed by atoms with Crippen molar-refractivity contribution in [1.82, 2.24) is 10.3 Å². The van der Waals surface area contributed by atoms with Crippen molar-refractivity contribution >= 4 is 6.47 Å². The third kappa shape index (κ3) is 4.18. The number of fused-ring (bicyclic) bond motifs is 3. The molecular formula is C28H24F3N3O4. The topological polar surface area (TPSA) is 104 Å². The number of hydrogen-bond acceptors (Lipinski definition) is 7. The summed E-state index contributed by atoms with van der Waals surface area (Å²) in [4.78, 5) is 10.6. The molecule has 10 heteroatoms. The number of ether oxygens (including phenoxy) is 1. The molecule has 0 saturated heterocycles. The van der Waals surface area contributed by atoms with Crippen molar-refractivity contribution in [2.24, 2.45) is 5.73 Å². The molecule has 0 aliphatic heterocycles. The van der Waals surface area contributed by atoms with Gasteiger partial charge in [-0.15, -0.1) is 0 Å². The number of aromatic nitrogens is 2. The first-order valence-corrected chi connectivity index (χ1v) is 12.4. The van der Waals surface area contributed by atoms with Crippen LogP contribution in [-0.4, -0.2) is 28.9 Å². The molecule has 2 aliphatic rings. The third-order valence-corrected chi connectivity index (χ3v) is 7.60. The van der Waals surface area contributed by atoms with Crippen LogP contribution in [-0.2, 0) is 28.5 Å². The SMILES string of the molecule is NC1(COC=O)CCC(c2ccc3c(c2)CCc2c-3noc2-c2noc(-c3ccccc3)c2C(F)(F)F)C1. The first kappa shape index (κ1) is 24.4. The van der Waals surface area contributed by atoms with Crippen LogP contribution in [0, 0.1) is 0 Å². The van der Waals surface area contributed by atoms with E-state index in [9.17, 15) is 18.0 Å². The first-order chi connectivity index (χ1) is 18.3. The predicted molar refractivity (Wildman–Crippen MR) is 131 cm³/mol. The molecule has 7 nitrogen and oxygen atoms in total. The van der Waals surface area contributed by atoms with Crippen LogP contribution in [0.5, 0.6) is 0 Å². The molecule has 196 valence electrons. The molecule has 0 radical (unpaired) electrons. The highest BCUT2D eigenvalue weighted by Gasteiger charge is 2.43. The zero-order valence-electron chi connectivity index (χ0n) is 20.3. The number of aryl methyl sites for hydroxylation is 1. The highest BCUT2D eigenvalue weighted by molar-refractivity contribution is 5.79. The molecule has 0 amide bonds. The Hall–Kier alpha value is -3.92. The van der Waals surface area contributed by atoms with E-state index in [0.717, 1.165) is 29.5 Å². The van der Waals surface area contributed by atoms with E-state index in [0.29, 0.717) is 37.0 Å². The van der Waals surface area contributed by atoms with Gasteiger partial charge >= 0.3 is 6.18 Å². The molecule has 2 atom stereocenters. The van der Waals surface area contributed by atoms with Crippen molar-refractivity contribution in [3.63, 3.8) is 0 Å². The number of hydrogen-bond donors (Lipinski definition) is 1. The van der Waals surface area contributed by atoms with E-state index in [1.807, 2.05) is 12.1 Å². The maximum atomic E-state index is 14.2. The number of nitrogens with two attached hydrogens (primary N) is 1. The zero-order chi connectivity index (χ0) is 26.5. The van der Waals surface area contributed by atoms with Gasteiger partial charge < -0.3 is 19.5 Å². The van der Waals surface area contributed by atoms with Crippen LogP contribution in [0.1, 0.15) is 47.4 Å². The lowest BCUT2D eigenvalue weighted by atomic mass is 9.84. The average Bonchev–Trinajstić information content (AvgIpc) is 3.64. The molecule has 2 aliphatic carbocycles.